The molecule has 15 heavy (non-hydrogen) atoms. The Labute approximate surface area is 102 Å². The SMILES string of the molecule is Clc1cncc(-c2ccc(Cl)c(Cl)c2)n1. The van der Waals surface area contributed by atoms with Crippen molar-refractivity contribution in [3.05, 3.63) is 45.8 Å². The Kier molecular flexibility index (Phi) is 3.10. The monoisotopic (exact) mass is 258 g/mol. The molecule has 0 N–H and O–H groups in total. The molecule has 0 saturated heterocycles. The van der Waals surface area contributed by atoms with Crippen LogP contribution >= 0.6 is 34.8 Å². The highest BCUT2D eigenvalue weighted by molar-refractivity contribution is 6.42. The van der Waals surface area contributed by atoms with Crippen molar-refractivity contribution in [2.45, 2.75) is 0 Å². The summed E-state index contributed by atoms with van der Waals surface area (Å²) in [6.45, 7) is 0. The zero-order valence-electron chi connectivity index (χ0n) is 7.42. The highest BCUT2D eigenvalue weighted by atomic mass is 35.5. The second-order valence-corrected chi connectivity index (χ2v) is 4.06. The van der Waals surface area contributed by atoms with Gasteiger partial charge in [0.2, 0.25) is 0 Å². The molecule has 2 nitrogen and oxygen atoms in total. The van der Waals surface area contributed by atoms with E-state index in [9.17, 15) is 0 Å². The lowest BCUT2D eigenvalue weighted by Gasteiger charge is -2.02. The van der Waals surface area contributed by atoms with Crippen LogP contribution in [0.2, 0.25) is 15.2 Å². The maximum absolute atomic E-state index is 5.89. The van der Waals surface area contributed by atoms with E-state index >= 15 is 0 Å². The average Bonchev–Trinajstić information content (AvgIpc) is 2.22. The predicted octanol–water partition coefficient (Wildman–Crippen LogP) is 4.10. The summed E-state index contributed by atoms with van der Waals surface area (Å²) in [4.78, 5) is 8.06. The summed E-state index contributed by atoms with van der Waals surface area (Å²) in [5.41, 5.74) is 1.50. The molecule has 5 heteroatoms. The largest absolute Gasteiger partial charge is 0.259 e. The normalized spacial score (nSPS) is 10.3. The zero-order chi connectivity index (χ0) is 10.8. The second-order valence-electron chi connectivity index (χ2n) is 2.86. The van der Waals surface area contributed by atoms with Gasteiger partial charge in [-0.2, -0.15) is 0 Å². The molecular weight excluding hydrogens is 254 g/mol. The Morgan fingerprint density at radius 3 is 2.40 bits per heavy atom. The van der Waals surface area contributed by atoms with Crippen LogP contribution in [0, 0.1) is 0 Å². The molecule has 0 aliphatic rings. The smallest absolute Gasteiger partial charge is 0.148 e. The van der Waals surface area contributed by atoms with Crippen molar-refractivity contribution in [2.75, 3.05) is 0 Å². The fourth-order valence-corrected chi connectivity index (χ4v) is 1.58. The molecule has 0 unspecified atom stereocenters. The van der Waals surface area contributed by atoms with Gasteiger partial charge in [-0.1, -0.05) is 40.9 Å². The van der Waals surface area contributed by atoms with Crippen LogP contribution in [0.1, 0.15) is 0 Å². The van der Waals surface area contributed by atoms with Crippen LogP contribution in [0.3, 0.4) is 0 Å². The predicted molar refractivity (Wildman–Crippen MR) is 62.5 cm³/mol. The number of hydrogen-bond acceptors (Lipinski definition) is 2. The molecule has 0 bridgehead atoms. The van der Waals surface area contributed by atoms with Gasteiger partial charge in [-0.15, -0.1) is 0 Å². The van der Waals surface area contributed by atoms with E-state index in [0.29, 0.717) is 20.9 Å². The van der Waals surface area contributed by atoms with Crippen molar-refractivity contribution in [1.29, 1.82) is 0 Å². The number of aromatic nitrogens is 2. The Morgan fingerprint density at radius 1 is 0.933 bits per heavy atom. The van der Waals surface area contributed by atoms with Crippen LogP contribution < -0.4 is 0 Å². The van der Waals surface area contributed by atoms with Gasteiger partial charge >= 0.3 is 0 Å². The van der Waals surface area contributed by atoms with Gasteiger partial charge in [0, 0.05) is 5.56 Å². The lowest BCUT2D eigenvalue weighted by atomic mass is 10.2. The first-order valence-corrected chi connectivity index (χ1v) is 5.23. The van der Waals surface area contributed by atoms with E-state index in [-0.39, 0.29) is 0 Å². The van der Waals surface area contributed by atoms with E-state index < -0.39 is 0 Å². The highest BCUT2D eigenvalue weighted by Gasteiger charge is 2.04. The van der Waals surface area contributed by atoms with Gasteiger partial charge in [-0.05, 0) is 12.1 Å². The summed E-state index contributed by atoms with van der Waals surface area (Å²) in [7, 11) is 0. The molecule has 0 saturated carbocycles. The summed E-state index contributed by atoms with van der Waals surface area (Å²) in [5.74, 6) is 0. The number of rotatable bonds is 1. The molecule has 0 fully saturated rings. The molecular formula is C10H5Cl3N2. The fraction of sp³-hybridized carbons (Fsp3) is 0. The molecule has 1 heterocycles. The molecule has 0 atom stereocenters. The topological polar surface area (TPSA) is 25.8 Å². The van der Waals surface area contributed by atoms with Crippen molar-refractivity contribution in [3.8, 4) is 11.3 Å². The first-order chi connectivity index (χ1) is 7.16. The summed E-state index contributed by atoms with van der Waals surface area (Å²) < 4.78 is 0. The van der Waals surface area contributed by atoms with E-state index in [1.807, 2.05) is 6.07 Å². The third kappa shape index (κ3) is 2.40. The summed E-state index contributed by atoms with van der Waals surface area (Å²) in [5, 5.41) is 1.34. The lowest BCUT2D eigenvalue weighted by Crippen LogP contribution is -1.86. The first kappa shape index (κ1) is 10.7. The molecule has 0 aliphatic heterocycles. The van der Waals surface area contributed by atoms with E-state index in [1.54, 1.807) is 18.3 Å². The molecule has 2 aromatic rings. The summed E-state index contributed by atoms with van der Waals surface area (Å²) >= 11 is 17.4. The fourth-order valence-electron chi connectivity index (χ4n) is 1.14. The Morgan fingerprint density at radius 2 is 1.73 bits per heavy atom. The average molecular weight is 260 g/mol. The van der Waals surface area contributed by atoms with Gasteiger partial charge in [0.15, 0.2) is 0 Å². The minimum Gasteiger partial charge on any atom is -0.259 e. The van der Waals surface area contributed by atoms with Crippen molar-refractivity contribution >= 4 is 34.8 Å². The van der Waals surface area contributed by atoms with Crippen LogP contribution in [-0.2, 0) is 0 Å². The molecule has 0 amide bonds. The van der Waals surface area contributed by atoms with E-state index in [4.69, 9.17) is 34.8 Å². The van der Waals surface area contributed by atoms with Crippen LogP contribution in [0.25, 0.3) is 11.3 Å². The van der Waals surface area contributed by atoms with E-state index in [2.05, 4.69) is 9.97 Å². The van der Waals surface area contributed by atoms with Gasteiger partial charge in [0.25, 0.3) is 0 Å². The molecule has 2 rings (SSSR count). The number of benzene rings is 1. The van der Waals surface area contributed by atoms with Gasteiger partial charge < -0.3 is 0 Å². The molecule has 0 spiro atoms. The number of halogens is 3. The molecule has 76 valence electrons. The summed E-state index contributed by atoms with van der Waals surface area (Å²) in [6.07, 6.45) is 3.09. The van der Waals surface area contributed by atoms with Gasteiger partial charge in [0.05, 0.1) is 28.1 Å². The van der Waals surface area contributed by atoms with Crippen LogP contribution in [-0.4, -0.2) is 9.97 Å². The summed E-state index contributed by atoms with van der Waals surface area (Å²) in [6, 6.07) is 5.25. The maximum Gasteiger partial charge on any atom is 0.148 e. The van der Waals surface area contributed by atoms with Crippen molar-refractivity contribution in [3.63, 3.8) is 0 Å². The van der Waals surface area contributed by atoms with Crippen molar-refractivity contribution in [1.82, 2.24) is 9.97 Å². The van der Waals surface area contributed by atoms with Gasteiger partial charge in [0.1, 0.15) is 5.15 Å². The molecule has 1 aromatic heterocycles. The molecule has 0 radical (unpaired) electrons. The Balaban J connectivity index is 2.50. The van der Waals surface area contributed by atoms with E-state index in [1.165, 1.54) is 6.20 Å². The lowest BCUT2D eigenvalue weighted by molar-refractivity contribution is 1.21. The second kappa shape index (κ2) is 4.35. The van der Waals surface area contributed by atoms with Gasteiger partial charge in [-0.25, -0.2) is 4.98 Å². The van der Waals surface area contributed by atoms with Crippen LogP contribution in [0.5, 0.6) is 0 Å². The highest BCUT2D eigenvalue weighted by Crippen LogP contribution is 2.27. The van der Waals surface area contributed by atoms with Gasteiger partial charge in [-0.3, -0.25) is 4.98 Å². The first-order valence-electron chi connectivity index (χ1n) is 4.10. The number of nitrogens with zero attached hydrogens (tertiary/aromatic N) is 2. The minimum absolute atomic E-state index is 0.346. The van der Waals surface area contributed by atoms with E-state index in [0.717, 1.165) is 5.56 Å². The van der Waals surface area contributed by atoms with Crippen LogP contribution in [0.15, 0.2) is 30.6 Å². The third-order valence-corrected chi connectivity index (χ3v) is 2.74. The third-order valence-electron chi connectivity index (χ3n) is 1.82. The quantitative estimate of drug-likeness (QED) is 0.770. The Hall–Kier alpha value is -0.830. The standard InChI is InChI=1S/C10H5Cl3N2/c11-7-2-1-6(3-8(7)12)9-4-14-5-10(13)15-9/h1-5H. The molecule has 1 aromatic carbocycles. The number of hydrogen-bond donors (Lipinski definition) is 0. The zero-order valence-corrected chi connectivity index (χ0v) is 9.68. The molecule has 0 aliphatic carbocycles. The van der Waals surface area contributed by atoms with Crippen molar-refractivity contribution in [2.24, 2.45) is 0 Å². The van der Waals surface area contributed by atoms with Crippen LogP contribution in [0.4, 0.5) is 0 Å². The Bertz CT molecular complexity index is 500. The van der Waals surface area contributed by atoms with Crippen molar-refractivity contribution < 1.29 is 0 Å². The maximum atomic E-state index is 5.89. The minimum atomic E-state index is 0.346.